The molecule has 4 heterocycles. The van der Waals surface area contributed by atoms with Crippen LogP contribution in [0.25, 0.3) is 20.7 Å². The number of fused-ring (bicyclic) bond motifs is 2. The second kappa shape index (κ2) is 8.53. The van der Waals surface area contributed by atoms with Crippen molar-refractivity contribution in [3.8, 4) is 16.2 Å². The van der Waals surface area contributed by atoms with Gasteiger partial charge in [0.2, 0.25) is 0 Å². The van der Waals surface area contributed by atoms with E-state index < -0.39 is 0 Å². The number of carbonyl (C=O) groups excluding carboxylic acids is 2. The number of amides is 1. The number of rotatable bonds is 6. The van der Waals surface area contributed by atoms with Crippen molar-refractivity contribution in [1.82, 2.24) is 9.55 Å². The van der Waals surface area contributed by atoms with E-state index >= 15 is 0 Å². The lowest BCUT2D eigenvalue weighted by molar-refractivity contribution is -0.118. The number of hydrogen-bond acceptors (Lipinski definition) is 8. The van der Waals surface area contributed by atoms with Crippen LogP contribution in [0.2, 0.25) is 0 Å². The molecule has 32 heavy (non-hydrogen) atoms. The topological polar surface area (TPSA) is 90.3 Å². The molecule has 1 aliphatic heterocycles. The number of ether oxygens (including phenoxy) is 1. The van der Waals surface area contributed by atoms with E-state index in [1.165, 1.54) is 23.1 Å². The van der Waals surface area contributed by atoms with Gasteiger partial charge in [0.25, 0.3) is 11.5 Å². The number of thiophene rings is 2. The van der Waals surface area contributed by atoms with E-state index in [0.717, 1.165) is 10.4 Å². The molecule has 1 aliphatic rings. The van der Waals surface area contributed by atoms with Gasteiger partial charge in [0.1, 0.15) is 10.6 Å². The Morgan fingerprint density at radius 3 is 2.94 bits per heavy atom. The molecule has 1 aromatic carbocycles. The monoisotopic (exact) mass is 483 g/mol. The minimum Gasteiger partial charge on any atom is -0.482 e. The molecule has 0 unspecified atom stereocenters. The van der Waals surface area contributed by atoms with Crippen LogP contribution in [0.4, 0.5) is 5.69 Å². The fourth-order valence-electron chi connectivity index (χ4n) is 3.48. The van der Waals surface area contributed by atoms with Crippen molar-refractivity contribution >= 4 is 62.0 Å². The summed E-state index contributed by atoms with van der Waals surface area (Å²) in [6.45, 7) is 2.32. The van der Waals surface area contributed by atoms with Gasteiger partial charge in [0.05, 0.1) is 16.8 Å². The van der Waals surface area contributed by atoms with Gasteiger partial charge in [-0.1, -0.05) is 17.8 Å². The first kappa shape index (κ1) is 20.9. The molecule has 0 fully saturated rings. The summed E-state index contributed by atoms with van der Waals surface area (Å²) in [4.78, 5) is 44.0. The fourth-order valence-corrected chi connectivity index (χ4v) is 6.24. The minimum atomic E-state index is -0.251. The predicted molar refractivity (Wildman–Crippen MR) is 128 cm³/mol. The van der Waals surface area contributed by atoms with E-state index in [0.29, 0.717) is 38.9 Å². The van der Waals surface area contributed by atoms with E-state index in [4.69, 9.17) is 9.72 Å². The summed E-state index contributed by atoms with van der Waals surface area (Å²) in [6.07, 6.45) is 0. The van der Waals surface area contributed by atoms with Crippen molar-refractivity contribution in [2.45, 2.75) is 18.6 Å². The van der Waals surface area contributed by atoms with Gasteiger partial charge >= 0.3 is 0 Å². The highest BCUT2D eigenvalue weighted by molar-refractivity contribution is 7.99. The van der Waals surface area contributed by atoms with Gasteiger partial charge in [-0.05, 0) is 36.6 Å². The van der Waals surface area contributed by atoms with Crippen LogP contribution in [-0.2, 0) is 11.3 Å². The standard InChI is InChI=1S/C22H17N3O4S3/c1-2-25-21(28)19-13(17-4-3-7-30-17)10-31-20(19)24-22(25)32-11-15(26)12-5-6-16-14(8-12)23-18(27)9-29-16/h3-8,10H,2,9,11H2,1H3,(H,23,27). The van der Waals surface area contributed by atoms with Crippen LogP contribution in [-0.4, -0.2) is 33.6 Å². The van der Waals surface area contributed by atoms with Crippen LogP contribution >= 0.6 is 34.4 Å². The second-order valence-corrected chi connectivity index (χ2v) is 9.76. The average Bonchev–Trinajstić information content (AvgIpc) is 3.47. The lowest BCUT2D eigenvalue weighted by atomic mass is 10.1. The molecule has 0 radical (unpaired) electrons. The summed E-state index contributed by atoms with van der Waals surface area (Å²) in [5, 5.41) is 7.81. The van der Waals surface area contributed by atoms with Crippen LogP contribution in [0.15, 0.2) is 51.0 Å². The normalized spacial score (nSPS) is 13.0. The maximum atomic E-state index is 13.2. The van der Waals surface area contributed by atoms with Crippen LogP contribution in [0.1, 0.15) is 17.3 Å². The van der Waals surface area contributed by atoms with Crippen LogP contribution < -0.4 is 15.6 Å². The van der Waals surface area contributed by atoms with Gasteiger partial charge in [-0.2, -0.15) is 0 Å². The van der Waals surface area contributed by atoms with Crippen LogP contribution in [0.3, 0.4) is 0 Å². The summed E-state index contributed by atoms with van der Waals surface area (Å²) in [7, 11) is 0. The second-order valence-electron chi connectivity index (χ2n) is 7.01. The molecule has 0 saturated carbocycles. The molecule has 0 bridgehead atoms. The zero-order valence-electron chi connectivity index (χ0n) is 16.9. The Morgan fingerprint density at radius 2 is 2.16 bits per heavy atom. The smallest absolute Gasteiger partial charge is 0.263 e. The Balaban J connectivity index is 1.42. The number of anilines is 1. The first-order valence-electron chi connectivity index (χ1n) is 9.83. The van der Waals surface area contributed by atoms with E-state index in [1.54, 1.807) is 34.1 Å². The Morgan fingerprint density at radius 1 is 1.28 bits per heavy atom. The highest BCUT2D eigenvalue weighted by Gasteiger charge is 2.20. The number of hydrogen-bond donors (Lipinski definition) is 1. The molecule has 162 valence electrons. The molecule has 0 atom stereocenters. The average molecular weight is 484 g/mol. The molecule has 5 rings (SSSR count). The molecular weight excluding hydrogens is 466 g/mol. The van der Waals surface area contributed by atoms with Crippen LogP contribution in [0.5, 0.6) is 5.75 Å². The zero-order chi connectivity index (χ0) is 22.2. The Bertz CT molecular complexity index is 1410. The number of aromatic nitrogens is 2. The predicted octanol–water partition coefficient (Wildman–Crippen LogP) is 4.51. The largest absolute Gasteiger partial charge is 0.482 e. The van der Waals surface area contributed by atoms with E-state index in [2.05, 4.69) is 5.32 Å². The summed E-state index contributed by atoms with van der Waals surface area (Å²) < 4.78 is 6.95. The summed E-state index contributed by atoms with van der Waals surface area (Å²) in [5.41, 5.74) is 1.77. The maximum Gasteiger partial charge on any atom is 0.263 e. The molecule has 0 aliphatic carbocycles. The molecule has 0 spiro atoms. The zero-order valence-corrected chi connectivity index (χ0v) is 19.4. The van der Waals surface area contributed by atoms with Gasteiger partial charge in [-0.3, -0.25) is 19.0 Å². The third kappa shape index (κ3) is 3.74. The summed E-state index contributed by atoms with van der Waals surface area (Å²) in [6, 6.07) is 8.93. The molecule has 0 saturated heterocycles. The van der Waals surface area contributed by atoms with Crippen molar-refractivity contribution in [2.75, 3.05) is 17.7 Å². The van der Waals surface area contributed by atoms with Crippen molar-refractivity contribution in [1.29, 1.82) is 0 Å². The first-order chi connectivity index (χ1) is 15.5. The van der Waals surface area contributed by atoms with Crippen molar-refractivity contribution in [3.05, 3.63) is 57.0 Å². The SMILES string of the molecule is CCn1c(SCC(=O)c2ccc3c(c2)NC(=O)CO3)nc2scc(-c3cccs3)c2c1=O. The van der Waals surface area contributed by atoms with Crippen LogP contribution in [0, 0.1) is 0 Å². The Labute approximate surface area is 195 Å². The highest BCUT2D eigenvalue weighted by Crippen LogP contribution is 2.35. The number of nitrogens with one attached hydrogen (secondary N) is 1. The quantitative estimate of drug-likeness (QED) is 0.247. The molecule has 3 aromatic heterocycles. The molecule has 7 nitrogen and oxygen atoms in total. The molecule has 1 amide bonds. The number of thioether (sulfide) groups is 1. The van der Waals surface area contributed by atoms with E-state index in [9.17, 15) is 14.4 Å². The Hall–Kier alpha value is -2.95. The summed E-state index contributed by atoms with van der Waals surface area (Å²) in [5.74, 6) is 0.285. The third-order valence-corrected chi connectivity index (χ3v) is 7.78. The molecule has 1 N–H and O–H groups in total. The number of ketones is 1. The summed E-state index contributed by atoms with van der Waals surface area (Å²) >= 11 is 4.27. The molecular formula is C22H17N3O4S3. The van der Waals surface area contributed by atoms with E-state index in [1.807, 2.05) is 29.8 Å². The number of carbonyl (C=O) groups is 2. The number of Topliss-reactive ketones (excluding diaryl/α,β-unsaturated/α-hetero) is 1. The van der Waals surface area contributed by atoms with Gasteiger partial charge in [0.15, 0.2) is 17.5 Å². The Kier molecular flexibility index (Phi) is 5.58. The van der Waals surface area contributed by atoms with Gasteiger partial charge in [-0.15, -0.1) is 22.7 Å². The first-order valence-corrected chi connectivity index (χ1v) is 12.6. The number of benzene rings is 1. The fraction of sp³-hybridized carbons (Fsp3) is 0.182. The van der Waals surface area contributed by atoms with Crippen molar-refractivity contribution in [3.63, 3.8) is 0 Å². The minimum absolute atomic E-state index is 0.0320. The lowest BCUT2D eigenvalue weighted by Gasteiger charge is -2.18. The van der Waals surface area contributed by atoms with Crippen molar-refractivity contribution < 1.29 is 14.3 Å². The number of nitrogens with zero attached hydrogens (tertiary/aromatic N) is 2. The van der Waals surface area contributed by atoms with Gasteiger partial charge in [0, 0.05) is 27.9 Å². The maximum absolute atomic E-state index is 13.2. The third-order valence-electron chi connectivity index (χ3n) is 5.03. The molecule has 4 aromatic rings. The van der Waals surface area contributed by atoms with Gasteiger partial charge < -0.3 is 10.1 Å². The molecule has 10 heteroatoms. The van der Waals surface area contributed by atoms with Gasteiger partial charge in [-0.25, -0.2) is 4.98 Å². The highest BCUT2D eigenvalue weighted by atomic mass is 32.2. The van der Waals surface area contributed by atoms with Crippen molar-refractivity contribution in [2.24, 2.45) is 0 Å². The lowest BCUT2D eigenvalue weighted by Crippen LogP contribution is -2.25. The van der Waals surface area contributed by atoms with E-state index in [-0.39, 0.29) is 29.6 Å².